The molecular formula is C12H7F2N3O. The summed E-state index contributed by atoms with van der Waals surface area (Å²) in [5, 5.41) is 8.58. The lowest BCUT2D eigenvalue weighted by Crippen LogP contribution is -2.01. The molecule has 0 aliphatic heterocycles. The molecular weight excluding hydrogens is 240 g/mol. The number of aromatic nitrogens is 2. The van der Waals surface area contributed by atoms with E-state index in [1.807, 2.05) is 6.07 Å². The van der Waals surface area contributed by atoms with Crippen LogP contribution in [0.25, 0.3) is 0 Å². The third-order valence-electron chi connectivity index (χ3n) is 2.16. The molecule has 0 fully saturated rings. The second-order valence-corrected chi connectivity index (χ2v) is 3.37. The third-order valence-corrected chi connectivity index (χ3v) is 2.16. The van der Waals surface area contributed by atoms with E-state index in [0.717, 1.165) is 6.07 Å². The average Bonchev–Trinajstić information content (AvgIpc) is 2.37. The summed E-state index contributed by atoms with van der Waals surface area (Å²) in [6.07, 6.45) is 0.292. The third kappa shape index (κ3) is 2.77. The van der Waals surface area contributed by atoms with E-state index in [2.05, 4.69) is 9.97 Å². The number of nitriles is 1. The number of nitrogens with zero attached hydrogens (tertiary/aromatic N) is 3. The molecule has 1 heterocycles. The lowest BCUT2D eigenvalue weighted by molar-refractivity contribution is 0.281. The fraction of sp³-hybridized carbons (Fsp3) is 0.0833. The van der Waals surface area contributed by atoms with Gasteiger partial charge in [-0.15, -0.1) is 0 Å². The summed E-state index contributed by atoms with van der Waals surface area (Å²) in [7, 11) is 0. The smallest absolute Gasteiger partial charge is 0.311 e. The molecule has 0 aliphatic carbocycles. The Hall–Kier alpha value is -2.55. The Kier molecular flexibility index (Phi) is 3.44. The van der Waals surface area contributed by atoms with E-state index >= 15 is 0 Å². The van der Waals surface area contributed by atoms with Gasteiger partial charge in [0, 0.05) is 17.8 Å². The SMILES string of the molecule is N#Cc1ccc(COc2ccnc(F)n2)c(F)c1. The van der Waals surface area contributed by atoms with Crippen molar-refractivity contribution in [2.75, 3.05) is 0 Å². The topological polar surface area (TPSA) is 58.8 Å². The van der Waals surface area contributed by atoms with Crippen molar-refractivity contribution in [2.45, 2.75) is 6.61 Å². The second-order valence-electron chi connectivity index (χ2n) is 3.37. The van der Waals surface area contributed by atoms with Crippen LogP contribution in [0.3, 0.4) is 0 Å². The normalized spacial score (nSPS) is 9.83. The monoisotopic (exact) mass is 247 g/mol. The van der Waals surface area contributed by atoms with Gasteiger partial charge in [0.2, 0.25) is 5.88 Å². The second kappa shape index (κ2) is 5.19. The minimum Gasteiger partial charge on any atom is -0.473 e. The molecule has 0 aliphatic rings. The summed E-state index contributed by atoms with van der Waals surface area (Å²) in [5.74, 6) is -0.533. The van der Waals surface area contributed by atoms with E-state index in [4.69, 9.17) is 10.00 Å². The first-order valence-corrected chi connectivity index (χ1v) is 4.99. The lowest BCUT2D eigenvalue weighted by atomic mass is 10.1. The van der Waals surface area contributed by atoms with Gasteiger partial charge in [0.25, 0.3) is 0 Å². The Morgan fingerprint density at radius 2 is 2.11 bits per heavy atom. The van der Waals surface area contributed by atoms with Gasteiger partial charge >= 0.3 is 6.08 Å². The van der Waals surface area contributed by atoms with Gasteiger partial charge in [0.1, 0.15) is 12.4 Å². The minimum atomic E-state index is -0.909. The van der Waals surface area contributed by atoms with Gasteiger partial charge < -0.3 is 4.74 Å². The first-order valence-electron chi connectivity index (χ1n) is 4.99. The van der Waals surface area contributed by atoms with Crippen LogP contribution in [0, 0.1) is 23.2 Å². The highest BCUT2D eigenvalue weighted by atomic mass is 19.1. The summed E-state index contributed by atoms with van der Waals surface area (Å²) < 4.78 is 31.3. The van der Waals surface area contributed by atoms with Gasteiger partial charge in [-0.1, -0.05) is 6.07 Å². The van der Waals surface area contributed by atoms with Crippen molar-refractivity contribution in [3.05, 3.63) is 53.5 Å². The van der Waals surface area contributed by atoms with Crippen LogP contribution in [0.5, 0.6) is 5.88 Å². The number of hydrogen-bond acceptors (Lipinski definition) is 4. The Labute approximate surface area is 101 Å². The van der Waals surface area contributed by atoms with E-state index in [9.17, 15) is 8.78 Å². The highest BCUT2D eigenvalue weighted by molar-refractivity contribution is 5.32. The molecule has 0 spiro atoms. The number of benzene rings is 1. The predicted molar refractivity (Wildman–Crippen MR) is 57.4 cm³/mol. The van der Waals surface area contributed by atoms with Crippen molar-refractivity contribution < 1.29 is 13.5 Å². The fourth-order valence-corrected chi connectivity index (χ4v) is 1.29. The highest BCUT2D eigenvalue weighted by Crippen LogP contribution is 2.13. The maximum atomic E-state index is 13.5. The standard InChI is InChI=1S/C12H7F2N3O/c13-10-5-8(6-15)1-2-9(10)7-18-11-3-4-16-12(14)17-11/h1-5H,7H2. The number of ether oxygens (including phenoxy) is 1. The highest BCUT2D eigenvalue weighted by Gasteiger charge is 2.05. The maximum absolute atomic E-state index is 13.5. The summed E-state index contributed by atoms with van der Waals surface area (Å²) in [6, 6.07) is 7.21. The molecule has 0 saturated carbocycles. The van der Waals surface area contributed by atoms with Crippen molar-refractivity contribution in [1.29, 1.82) is 5.26 Å². The van der Waals surface area contributed by atoms with Crippen LogP contribution in [-0.4, -0.2) is 9.97 Å². The largest absolute Gasteiger partial charge is 0.473 e. The van der Waals surface area contributed by atoms with E-state index in [1.165, 1.54) is 24.4 Å². The summed E-state index contributed by atoms with van der Waals surface area (Å²) in [5.41, 5.74) is 0.484. The predicted octanol–water partition coefficient (Wildman–Crippen LogP) is 2.21. The molecule has 0 amide bonds. The Balaban J connectivity index is 2.09. The molecule has 4 nitrogen and oxygen atoms in total. The van der Waals surface area contributed by atoms with Crippen LogP contribution in [-0.2, 0) is 6.61 Å². The summed E-state index contributed by atoms with van der Waals surface area (Å²) >= 11 is 0. The summed E-state index contributed by atoms with van der Waals surface area (Å²) in [4.78, 5) is 6.64. The van der Waals surface area contributed by atoms with Crippen molar-refractivity contribution in [3.63, 3.8) is 0 Å². The Bertz CT molecular complexity index is 611. The molecule has 2 rings (SSSR count). The first kappa shape index (κ1) is 11.9. The molecule has 0 radical (unpaired) electrons. The lowest BCUT2D eigenvalue weighted by Gasteiger charge is -2.06. The van der Waals surface area contributed by atoms with Crippen molar-refractivity contribution in [3.8, 4) is 11.9 Å². The molecule has 0 saturated heterocycles. The van der Waals surface area contributed by atoms with Crippen LogP contribution in [0.1, 0.15) is 11.1 Å². The van der Waals surface area contributed by atoms with Gasteiger partial charge in [0.15, 0.2) is 0 Å². The number of hydrogen-bond donors (Lipinski definition) is 0. The zero-order valence-corrected chi connectivity index (χ0v) is 9.10. The first-order chi connectivity index (χ1) is 8.69. The van der Waals surface area contributed by atoms with E-state index in [0.29, 0.717) is 0 Å². The molecule has 6 heteroatoms. The van der Waals surface area contributed by atoms with Gasteiger partial charge in [-0.05, 0) is 12.1 Å². The van der Waals surface area contributed by atoms with Gasteiger partial charge in [-0.3, -0.25) is 0 Å². The zero-order chi connectivity index (χ0) is 13.0. The van der Waals surface area contributed by atoms with Crippen LogP contribution < -0.4 is 4.74 Å². The van der Waals surface area contributed by atoms with Crippen molar-refractivity contribution in [2.24, 2.45) is 0 Å². The molecule has 0 N–H and O–H groups in total. The Morgan fingerprint density at radius 1 is 1.28 bits per heavy atom. The molecule has 1 aromatic carbocycles. The number of halogens is 2. The van der Waals surface area contributed by atoms with E-state index < -0.39 is 11.9 Å². The van der Waals surface area contributed by atoms with Crippen LogP contribution in [0.2, 0.25) is 0 Å². The van der Waals surface area contributed by atoms with E-state index in [1.54, 1.807) is 0 Å². The van der Waals surface area contributed by atoms with Crippen molar-refractivity contribution >= 4 is 0 Å². The molecule has 90 valence electrons. The number of rotatable bonds is 3. The quantitative estimate of drug-likeness (QED) is 0.780. The van der Waals surface area contributed by atoms with Gasteiger partial charge in [0.05, 0.1) is 11.6 Å². The maximum Gasteiger partial charge on any atom is 0.311 e. The van der Waals surface area contributed by atoms with Gasteiger partial charge in [-0.2, -0.15) is 14.6 Å². The average molecular weight is 247 g/mol. The van der Waals surface area contributed by atoms with Crippen LogP contribution in [0.4, 0.5) is 8.78 Å². The minimum absolute atomic E-state index is 0.0197. The fourth-order valence-electron chi connectivity index (χ4n) is 1.29. The van der Waals surface area contributed by atoms with Crippen LogP contribution in [0.15, 0.2) is 30.5 Å². The zero-order valence-electron chi connectivity index (χ0n) is 9.10. The molecule has 18 heavy (non-hydrogen) atoms. The van der Waals surface area contributed by atoms with Crippen LogP contribution >= 0.6 is 0 Å². The van der Waals surface area contributed by atoms with Crippen molar-refractivity contribution in [1.82, 2.24) is 9.97 Å². The van der Waals surface area contributed by atoms with Gasteiger partial charge in [-0.25, -0.2) is 9.37 Å². The molecule has 2 aromatic rings. The summed E-state index contributed by atoms with van der Waals surface area (Å²) in [6.45, 7) is -0.103. The van der Waals surface area contributed by atoms with E-state index in [-0.39, 0.29) is 23.6 Å². The molecule has 0 bridgehead atoms. The Morgan fingerprint density at radius 3 is 2.78 bits per heavy atom. The molecule has 1 aromatic heterocycles. The molecule has 0 unspecified atom stereocenters. The molecule has 0 atom stereocenters.